The molecule has 1 aromatic heterocycles. The van der Waals surface area contributed by atoms with E-state index in [0.29, 0.717) is 31.6 Å². The van der Waals surface area contributed by atoms with E-state index in [-0.39, 0.29) is 23.7 Å². The lowest BCUT2D eigenvalue weighted by atomic mass is 9.81. The van der Waals surface area contributed by atoms with E-state index >= 15 is 0 Å². The van der Waals surface area contributed by atoms with Gasteiger partial charge in [-0.1, -0.05) is 30.3 Å². The summed E-state index contributed by atoms with van der Waals surface area (Å²) in [5.74, 6) is 0.996. The van der Waals surface area contributed by atoms with Crippen molar-refractivity contribution in [2.75, 3.05) is 26.2 Å². The van der Waals surface area contributed by atoms with Gasteiger partial charge in [0.25, 0.3) is 5.91 Å². The lowest BCUT2D eigenvalue weighted by Crippen LogP contribution is -2.52. The lowest BCUT2D eigenvalue weighted by molar-refractivity contribution is -0.181. The second-order valence-corrected chi connectivity index (χ2v) is 8.82. The van der Waals surface area contributed by atoms with Crippen LogP contribution in [0.1, 0.15) is 53.7 Å². The molecule has 0 aliphatic carbocycles. The van der Waals surface area contributed by atoms with Crippen molar-refractivity contribution in [3.05, 3.63) is 53.6 Å². The summed E-state index contributed by atoms with van der Waals surface area (Å²) in [5.41, 5.74) is 1.31. The summed E-state index contributed by atoms with van der Waals surface area (Å²) in [4.78, 5) is 19.6. The fraction of sp³-hybridized carbons (Fsp3) is 0.565. The predicted molar refractivity (Wildman–Crippen MR) is 112 cm³/mol. The van der Waals surface area contributed by atoms with Crippen LogP contribution in [0.2, 0.25) is 0 Å². The third-order valence-corrected chi connectivity index (χ3v) is 6.75. The topological polar surface area (TPSA) is 79.6 Å². The molecule has 7 nitrogen and oxygen atoms in total. The number of imidazole rings is 1. The van der Waals surface area contributed by atoms with Gasteiger partial charge in [0.2, 0.25) is 0 Å². The Balaban J connectivity index is 1.26. The quantitative estimate of drug-likeness (QED) is 0.791. The molecule has 2 atom stereocenters. The second kappa shape index (κ2) is 8.13. The number of hydrogen-bond donors (Lipinski definition) is 2. The zero-order valence-electron chi connectivity index (χ0n) is 17.3. The molecule has 4 heterocycles. The number of piperidine rings is 1. The van der Waals surface area contributed by atoms with E-state index in [1.165, 1.54) is 0 Å². The highest BCUT2D eigenvalue weighted by Gasteiger charge is 2.44. The maximum absolute atomic E-state index is 13.1. The molecule has 2 N–H and O–H groups in total. The molecular weight excluding hydrogens is 380 g/mol. The summed E-state index contributed by atoms with van der Waals surface area (Å²) >= 11 is 0. The Labute approximate surface area is 177 Å². The average molecular weight is 411 g/mol. The van der Waals surface area contributed by atoms with E-state index in [1.807, 2.05) is 29.3 Å². The molecule has 30 heavy (non-hydrogen) atoms. The van der Waals surface area contributed by atoms with Crippen molar-refractivity contribution in [1.29, 1.82) is 0 Å². The summed E-state index contributed by atoms with van der Waals surface area (Å²) in [6, 6.07) is 10.1. The highest BCUT2D eigenvalue weighted by molar-refractivity contribution is 5.92. The molecule has 1 spiro atoms. The molecule has 0 unspecified atom stereocenters. The largest absolute Gasteiger partial charge is 0.393 e. The minimum Gasteiger partial charge on any atom is -0.393 e. The molecule has 1 aromatic carbocycles. The van der Waals surface area contributed by atoms with Gasteiger partial charge in [0.05, 0.1) is 17.8 Å². The molecular formula is C23H30N4O3. The van der Waals surface area contributed by atoms with Gasteiger partial charge in [0.15, 0.2) is 0 Å². The highest BCUT2D eigenvalue weighted by atomic mass is 16.5. The van der Waals surface area contributed by atoms with E-state index in [4.69, 9.17) is 4.74 Å². The fourth-order valence-electron chi connectivity index (χ4n) is 5.11. The van der Waals surface area contributed by atoms with Crippen molar-refractivity contribution >= 4 is 5.91 Å². The van der Waals surface area contributed by atoms with E-state index < -0.39 is 0 Å². The normalized spacial score (nSPS) is 26.2. The maximum atomic E-state index is 13.1. The van der Waals surface area contributed by atoms with Crippen LogP contribution in [0.5, 0.6) is 0 Å². The zero-order valence-corrected chi connectivity index (χ0v) is 17.3. The van der Waals surface area contributed by atoms with Gasteiger partial charge in [-0.05, 0) is 18.4 Å². The maximum Gasteiger partial charge on any atom is 0.274 e. The standard InChI is InChI=1S/C23H30N4O3/c28-18-14-20(17-4-2-1-3-5-17)30-23(15-18)7-11-26(12-8-23)22(29)19-16-27-13-10-24-9-6-21(27)25-19/h1-5,16,18,20,24,28H,6-15H2/t18-,20+/m0/s1. The number of ether oxygens (including phenoxy) is 1. The lowest BCUT2D eigenvalue weighted by Gasteiger charge is -2.48. The molecule has 2 fully saturated rings. The average Bonchev–Trinajstić information content (AvgIpc) is 3.04. The number of aliphatic hydroxyl groups is 1. The summed E-state index contributed by atoms with van der Waals surface area (Å²) in [6.07, 6.45) is 5.06. The Kier molecular flexibility index (Phi) is 5.35. The number of aliphatic hydroxyl groups excluding tert-OH is 1. The van der Waals surface area contributed by atoms with Crippen LogP contribution in [0, 0.1) is 0 Å². The van der Waals surface area contributed by atoms with Crippen LogP contribution in [0.3, 0.4) is 0 Å². The van der Waals surface area contributed by atoms with E-state index in [2.05, 4.69) is 27.0 Å². The number of amides is 1. The molecule has 7 heteroatoms. The molecule has 0 bridgehead atoms. The first-order chi connectivity index (χ1) is 14.6. The van der Waals surface area contributed by atoms with Gasteiger partial charge in [0, 0.05) is 58.2 Å². The van der Waals surface area contributed by atoms with Gasteiger partial charge in [-0.25, -0.2) is 4.98 Å². The molecule has 0 radical (unpaired) electrons. The number of likely N-dealkylation sites (tertiary alicyclic amines) is 1. The Hall–Kier alpha value is -2.22. The summed E-state index contributed by atoms with van der Waals surface area (Å²) in [5, 5.41) is 13.9. The number of carbonyl (C=O) groups excluding carboxylic acids is 1. The molecule has 2 aromatic rings. The Morgan fingerprint density at radius 2 is 1.97 bits per heavy atom. The minimum atomic E-state index is -0.372. The third-order valence-electron chi connectivity index (χ3n) is 6.75. The number of carbonyl (C=O) groups is 1. The first-order valence-electron chi connectivity index (χ1n) is 11.1. The number of nitrogens with zero attached hydrogens (tertiary/aromatic N) is 3. The first-order valence-corrected chi connectivity index (χ1v) is 11.1. The summed E-state index contributed by atoms with van der Waals surface area (Å²) < 4.78 is 8.66. The molecule has 1 amide bonds. The van der Waals surface area contributed by atoms with Crippen LogP contribution in [0.15, 0.2) is 36.5 Å². The Morgan fingerprint density at radius 3 is 2.77 bits per heavy atom. The number of rotatable bonds is 2. The van der Waals surface area contributed by atoms with Crippen LogP contribution in [0.4, 0.5) is 0 Å². The van der Waals surface area contributed by atoms with Crippen molar-refractivity contribution in [2.45, 2.75) is 56.5 Å². The van der Waals surface area contributed by atoms with Gasteiger partial charge in [-0.2, -0.15) is 0 Å². The van der Waals surface area contributed by atoms with E-state index in [0.717, 1.165) is 50.3 Å². The fourth-order valence-corrected chi connectivity index (χ4v) is 5.11. The predicted octanol–water partition coefficient (Wildman–Crippen LogP) is 1.92. The van der Waals surface area contributed by atoms with Gasteiger partial charge in [-0.15, -0.1) is 0 Å². The van der Waals surface area contributed by atoms with Gasteiger partial charge < -0.3 is 24.6 Å². The van der Waals surface area contributed by atoms with Crippen molar-refractivity contribution in [1.82, 2.24) is 19.8 Å². The van der Waals surface area contributed by atoms with E-state index in [9.17, 15) is 9.90 Å². The molecule has 3 aliphatic rings. The van der Waals surface area contributed by atoms with Crippen LogP contribution in [-0.2, 0) is 17.7 Å². The number of benzene rings is 1. The summed E-state index contributed by atoms with van der Waals surface area (Å²) in [6.45, 7) is 3.93. The molecule has 0 saturated carbocycles. The number of hydrogen-bond acceptors (Lipinski definition) is 5. The van der Waals surface area contributed by atoms with Crippen molar-refractivity contribution in [2.24, 2.45) is 0 Å². The molecule has 5 rings (SSSR count). The zero-order chi connectivity index (χ0) is 20.6. The highest BCUT2D eigenvalue weighted by Crippen LogP contribution is 2.43. The second-order valence-electron chi connectivity index (χ2n) is 8.82. The van der Waals surface area contributed by atoms with Crippen molar-refractivity contribution < 1.29 is 14.6 Å². The SMILES string of the molecule is O=C(c1cn2c(n1)CCNCC2)N1CCC2(CC1)C[C@@H](O)C[C@H](c1ccccc1)O2. The van der Waals surface area contributed by atoms with Crippen molar-refractivity contribution in [3.63, 3.8) is 0 Å². The van der Waals surface area contributed by atoms with Crippen LogP contribution < -0.4 is 5.32 Å². The number of aromatic nitrogens is 2. The van der Waals surface area contributed by atoms with Gasteiger partial charge in [0.1, 0.15) is 11.5 Å². The molecule has 3 aliphatic heterocycles. The molecule has 160 valence electrons. The summed E-state index contributed by atoms with van der Waals surface area (Å²) in [7, 11) is 0. The number of fused-ring (bicyclic) bond motifs is 1. The minimum absolute atomic E-state index is 0.00866. The van der Waals surface area contributed by atoms with Gasteiger partial charge in [-0.3, -0.25) is 4.79 Å². The number of nitrogens with one attached hydrogen (secondary N) is 1. The van der Waals surface area contributed by atoms with Crippen molar-refractivity contribution in [3.8, 4) is 0 Å². The Morgan fingerprint density at radius 1 is 1.17 bits per heavy atom. The van der Waals surface area contributed by atoms with Crippen LogP contribution in [0.25, 0.3) is 0 Å². The molecule has 2 saturated heterocycles. The first kappa shape index (κ1) is 19.7. The van der Waals surface area contributed by atoms with Gasteiger partial charge >= 0.3 is 0 Å². The van der Waals surface area contributed by atoms with Crippen LogP contribution in [-0.4, -0.2) is 63.3 Å². The Bertz CT molecular complexity index is 866. The van der Waals surface area contributed by atoms with E-state index in [1.54, 1.807) is 0 Å². The monoisotopic (exact) mass is 410 g/mol. The van der Waals surface area contributed by atoms with Crippen LogP contribution >= 0.6 is 0 Å². The third kappa shape index (κ3) is 3.89. The smallest absolute Gasteiger partial charge is 0.274 e.